The van der Waals surface area contributed by atoms with Crippen molar-refractivity contribution in [2.24, 2.45) is 0 Å². The Labute approximate surface area is 218 Å². The first-order valence-electron chi connectivity index (χ1n) is 12.0. The van der Waals surface area contributed by atoms with Crippen LogP contribution in [0, 0.1) is 23.0 Å². The van der Waals surface area contributed by atoms with Crippen molar-refractivity contribution in [2.75, 3.05) is 0 Å². The lowest BCUT2D eigenvalue weighted by molar-refractivity contribution is 0.481. The summed E-state index contributed by atoms with van der Waals surface area (Å²) >= 11 is 0. The lowest BCUT2D eigenvalue weighted by atomic mass is 9.78. The van der Waals surface area contributed by atoms with Gasteiger partial charge in [0.25, 0.3) is 12.5 Å². The van der Waals surface area contributed by atoms with Crippen LogP contribution in [0.3, 0.4) is 0 Å². The van der Waals surface area contributed by atoms with Gasteiger partial charge in [-0.3, -0.25) is 0 Å². The maximum atomic E-state index is 8.68. The maximum Gasteiger partial charge on any atom is 0.292 e. The van der Waals surface area contributed by atoms with Crippen LogP contribution in [-0.2, 0) is 10.8 Å². The molecule has 0 radical (unpaired) electrons. The molecule has 0 bridgehead atoms. The molecule has 5 nitrogen and oxygen atoms in total. The summed E-state index contributed by atoms with van der Waals surface area (Å²) in [5, 5.41) is 17.4. The number of ether oxygens (including phenoxy) is 3. The fourth-order valence-electron chi connectivity index (χ4n) is 4.33. The lowest BCUT2D eigenvalue weighted by Crippen LogP contribution is -2.18. The summed E-state index contributed by atoms with van der Waals surface area (Å²) in [5.41, 5.74) is 4.09. The molecule has 0 saturated heterocycles. The molecule has 0 N–H and O–H groups in total. The maximum absolute atomic E-state index is 8.68. The highest BCUT2D eigenvalue weighted by Crippen LogP contribution is 2.36. The highest BCUT2D eigenvalue weighted by atomic mass is 16.5. The normalized spacial score (nSPS) is 11.2. The minimum atomic E-state index is -0.226. The minimum Gasteiger partial charge on any atom is -0.457 e. The van der Waals surface area contributed by atoms with Crippen LogP contribution >= 0.6 is 0 Å². The summed E-state index contributed by atoms with van der Waals surface area (Å²) in [6.45, 7) is 8.64. The molecule has 0 heterocycles. The van der Waals surface area contributed by atoms with E-state index in [-0.39, 0.29) is 10.8 Å². The molecule has 4 aromatic carbocycles. The Morgan fingerprint density at radius 2 is 0.676 bits per heavy atom. The summed E-state index contributed by atoms with van der Waals surface area (Å²) in [7, 11) is 0. The van der Waals surface area contributed by atoms with Crippen LogP contribution in [0.5, 0.6) is 23.0 Å². The van der Waals surface area contributed by atoms with Crippen LogP contribution in [0.2, 0.25) is 0 Å². The molecule has 0 spiro atoms. The van der Waals surface area contributed by atoms with E-state index in [0.29, 0.717) is 11.5 Å². The topological polar surface area (TPSA) is 75.3 Å². The van der Waals surface area contributed by atoms with Crippen molar-refractivity contribution in [3.63, 3.8) is 0 Å². The largest absolute Gasteiger partial charge is 0.457 e. The predicted octanol–water partition coefficient (Wildman–Crippen LogP) is 7.85. The summed E-state index contributed by atoms with van der Waals surface area (Å²) in [4.78, 5) is 0. The van der Waals surface area contributed by atoms with E-state index in [2.05, 4.69) is 52.0 Å². The quantitative estimate of drug-likeness (QED) is 0.236. The molecule has 4 rings (SSSR count). The summed E-state index contributed by atoms with van der Waals surface area (Å²) in [6, 6.07) is 31.4. The second-order valence-electron chi connectivity index (χ2n) is 9.84. The Kier molecular flexibility index (Phi) is 7.18. The van der Waals surface area contributed by atoms with Crippen LogP contribution in [-0.4, -0.2) is 0 Å². The van der Waals surface area contributed by atoms with Crippen LogP contribution in [0.4, 0.5) is 0 Å². The third kappa shape index (κ3) is 5.58. The molecule has 0 amide bonds. The van der Waals surface area contributed by atoms with Crippen molar-refractivity contribution in [3.8, 4) is 35.5 Å². The second kappa shape index (κ2) is 10.5. The van der Waals surface area contributed by atoms with Crippen molar-refractivity contribution in [1.29, 1.82) is 10.5 Å². The van der Waals surface area contributed by atoms with E-state index in [9.17, 15) is 0 Å². The summed E-state index contributed by atoms with van der Waals surface area (Å²) < 4.78 is 15.9. The number of hydrogen-bond acceptors (Lipinski definition) is 5. The number of nitrogens with zero attached hydrogens (tertiary/aromatic N) is 2. The van der Waals surface area contributed by atoms with Crippen LogP contribution in [0.25, 0.3) is 0 Å². The average Bonchev–Trinajstić information content (AvgIpc) is 2.90. The molecule has 0 aromatic heterocycles. The van der Waals surface area contributed by atoms with Gasteiger partial charge in [-0.15, -0.1) is 10.5 Å². The van der Waals surface area contributed by atoms with Crippen molar-refractivity contribution in [1.82, 2.24) is 0 Å². The van der Waals surface area contributed by atoms with Crippen LogP contribution in [0.15, 0.2) is 97.1 Å². The molecule has 0 aliphatic carbocycles. The van der Waals surface area contributed by atoms with Gasteiger partial charge in [0.2, 0.25) is 0 Å². The number of benzene rings is 4. The monoisotopic (exact) mass is 488 g/mol. The predicted molar refractivity (Wildman–Crippen MR) is 143 cm³/mol. The van der Waals surface area contributed by atoms with Crippen LogP contribution < -0.4 is 14.2 Å². The van der Waals surface area contributed by atoms with Gasteiger partial charge in [-0.2, -0.15) is 0 Å². The zero-order chi connectivity index (χ0) is 26.5. The Morgan fingerprint density at radius 1 is 0.432 bits per heavy atom. The summed E-state index contributed by atoms with van der Waals surface area (Å²) in [6.07, 6.45) is 3.39. The van der Waals surface area contributed by atoms with Crippen molar-refractivity contribution in [2.45, 2.75) is 38.5 Å². The molecule has 0 fully saturated rings. The van der Waals surface area contributed by atoms with Gasteiger partial charge in [0, 0.05) is 10.8 Å². The Bertz CT molecular complexity index is 1310. The Balaban J connectivity index is 1.45. The van der Waals surface area contributed by atoms with Gasteiger partial charge in [0.1, 0.15) is 23.0 Å². The molecule has 0 saturated carbocycles. The van der Waals surface area contributed by atoms with E-state index in [1.807, 2.05) is 48.5 Å². The Hall–Kier alpha value is -4.74. The SMILES string of the molecule is CC(C)(c1ccc(OC#N)cc1)c1ccc(Oc2ccc(C(C)(C)c3ccc(OC#N)cc3)cc2)cc1. The standard InChI is InChI=1S/C32H28N2O3/c1-31(2,23-5-13-27(14-6-23)35-21-33)25-9-17-29(18-10-25)37-30-19-11-26(12-20-30)32(3,4)24-7-15-28(16-8-24)36-22-34/h5-20H,1-4H3. The van der Waals surface area contributed by atoms with E-state index in [4.69, 9.17) is 24.7 Å². The third-order valence-corrected chi connectivity index (χ3v) is 6.87. The van der Waals surface area contributed by atoms with Gasteiger partial charge < -0.3 is 14.2 Å². The first kappa shape index (κ1) is 25.4. The van der Waals surface area contributed by atoms with E-state index in [0.717, 1.165) is 33.8 Å². The van der Waals surface area contributed by atoms with Crippen molar-refractivity contribution in [3.05, 3.63) is 119 Å². The van der Waals surface area contributed by atoms with E-state index in [1.54, 1.807) is 36.8 Å². The van der Waals surface area contributed by atoms with Gasteiger partial charge in [-0.1, -0.05) is 76.2 Å². The van der Waals surface area contributed by atoms with Crippen molar-refractivity contribution >= 4 is 0 Å². The fraction of sp³-hybridized carbons (Fsp3) is 0.188. The molecule has 5 heteroatoms. The molecular formula is C32H28N2O3. The second-order valence-corrected chi connectivity index (χ2v) is 9.84. The van der Waals surface area contributed by atoms with E-state index >= 15 is 0 Å². The molecule has 0 atom stereocenters. The highest BCUT2D eigenvalue weighted by Gasteiger charge is 2.24. The van der Waals surface area contributed by atoms with Gasteiger partial charge in [-0.05, 0) is 70.8 Å². The molecular weight excluding hydrogens is 460 g/mol. The minimum absolute atomic E-state index is 0.226. The smallest absolute Gasteiger partial charge is 0.292 e. The average molecular weight is 489 g/mol. The van der Waals surface area contributed by atoms with Gasteiger partial charge in [0.15, 0.2) is 0 Å². The number of hydrogen-bond donors (Lipinski definition) is 0. The summed E-state index contributed by atoms with van der Waals surface area (Å²) in [5.74, 6) is 2.58. The van der Waals surface area contributed by atoms with Crippen molar-refractivity contribution < 1.29 is 14.2 Å². The highest BCUT2D eigenvalue weighted by molar-refractivity contribution is 5.45. The zero-order valence-corrected chi connectivity index (χ0v) is 21.4. The first-order chi connectivity index (χ1) is 17.7. The third-order valence-electron chi connectivity index (χ3n) is 6.87. The Morgan fingerprint density at radius 3 is 0.919 bits per heavy atom. The molecule has 0 aliphatic heterocycles. The molecule has 37 heavy (non-hydrogen) atoms. The van der Waals surface area contributed by atoms with E-state index < -0.39 is 0 Å². The number of rotatable bonds is 8. The zero-order valence-electron chi connectivity index (χ0n) is 21.4. The van der Waals surface area contributed by atoms with E-state index in [1.165, 1.54) is 0 Å². The number of nitriles is 2. The van der Waals surface area contributed by atoms with Crippen LogP contribution in [0.1, 0.15) is 49.9 Å². The molecule has 4 aromatic rings. The van der Waals surface area contributed by atoms with Gasteiger partial charge in [0.05, 0.1) is 0 Å². The molecule has 184 valence electrons. The fourth-order valence-corrected chi connectivity index (χ4v) is 4.33. The molecule has 0 unspecified atom stereocenters. The first-order valence-corrected chi connectivity index (χ1v) is 12.0. The van der Waals surface area contributed by atoms with Gasteiger partial charge in [-0.25, -0.2) is 0 Å². The lowest BCUT2D eigenvalue weighted by Gasteiger charge is -2.27. The van der Waals surface area contributed by atoms with Gasteiger partial charge >= 0.3 is 0 Å². The molecule has 0 aliphatic rings.